The molecule has 21 heavy (non-hydrogen) atoms. The molecule has 0 aliphatic heterocycles. The zero-order valence-corrected chi connectivity index (χ0v) is 14.0. The standard InChI is InChI=1S/C15H20ClNO3S/c1-4-20-14(18)9-10-17(3)15(19)11(2)21-13-7-5-12(16)6-8-13/h5-8,11H,4,9-10H2,1-3H3. The summed E-state index contributed by atoms with van der Waals surface area (Å²) >= 11 is 7.30. The fraction of sp³-hybridized carbons (Fsp3) is 0.467. The number of carbonyl (C=O) groups is 2. The van der Waals surface area contributed by atoms with E-state index < -0.39 is 0 Å². The number of halogens is 1. The predicted octanol–water partition coefficient (Wildman–Crippen LogP) is 3.23. The number of carbonyl (C=O) groups excluding carboxylic acids is 2. The van der Waals surface area contributed by atoms with E-state index in [0.717, 1.165) is 4.90 Å². The molecule has 0 fully saturated rings. The molecule has 0 saturated carbocycles. The van der Waals surface area contributed by atoms with Gasteiger partial charge in [0.25, 0.3) is 0 Å². The maximum atomic E-state index is 12.2. The topological polar surface area (TPSA) is 46.6 Å². The summed E-state index contributed by atoms with van der Waals surface area (Å²) < 4.78 is 4.84. The molecule has 1 rings (SSSR count). The maximum Gasteiger partial charge on any atom is 0.307 e. The van der Waals surface area contributed by atoms with Crippen LogP contribution in [-0.4, -0.2) is 42.2 Å². The smallest absolute Gasteiger partial charge is 0.307 e. The molecule has 0 N–H and O–H groups in total. The van der Waals surface area contributed by atoms with Gasteiger partial charge in [0.2, 0.25) is 5.91 Å². The summed E-state index contributed by atoms with van der Waals surface area (Å²) in [5, 5.41) is 0.447. The number of ether oxygens (including phenoxy) is 1. The van der Waals surface area contributed by atoms with Gasteiger partial charge >= 0.3 is 5.97 Å². The van der Waals surface area contributed by atoms with Crippen LogP contribution in [0.3, 0.4) is 0 Å². The molecule has 1 atom stereocenters. The van der Waals surface area contributed by atoms with Crippen LogP contribution in [0.1, 0.15) is 20.3 Å². The first-order valence-electron chi connectivity index (χ1n) is 6.76. The highest BCUT2D eigenvalue weighted by Crippen LogP contribution is 2.25. The van der Waals surface area contributed by atoms with E-state index in [1.807, 2.05) is 19.1 Å². The van der Waals surface area contributed by atoms with Crippen molar-refractivity contribution in [1.82, 2.24) is 4.90 Å². The molecule has 1 unspecified atom stereocenters. The lowest BCUT2D eigenvalue weighted by atomic mass is 10.3. The molecule has 0 bridgehead atoms. The van der Waals surface area contributed by atoms with E-state index in [2.05, 4.69) is 0 Å². The number of benzene rings is 1. The Morgan fingerprint density at radius 1 is 1.33 bits per heavy atom. The molecule has 0 aliphatic rings. The van der Waals surface area contributed by atoms with Crippen LogP contribution in [0.4, 0.5) is 0 Å². The van der Waals surface area contributed by atoms with Gasteiger partial charge in [-0.15, -0.1) is 11.8 Å². The Morgan fingerprint density at radius 3 is 2.52 bits per heavy atom. The number of hydrogen-bond donors (Lipinski definition) is 0. The zero-order chi connectivity index (χ0) is 15.8. The first-order chi connectivity index (χ1) is 9.93. The molecule has 116 valence electrons. The van der Waals surface area contributed by atoms with E-state index >= 15 is 0 Å². The highest BCUT2D eigenvalue weighted by molar-refractivity contribution is 8.00. The van der Waals surface area contributed by atoms with Gasteiger partial charge in [-0.3, -0.25) is 9.59 Å². The molecule has 4 nitrogen and oxygen atoms in total. The van der Waals surface area contributed by atoms with Crippen molar-refractivity contribution >= 4 is 35.2 Å². The first kappa shape index (κ1) is 17.9. The van der Waals surface area contributed by atoms with Crippen molar-refractivity contribution < 1.29 is 14.3 Å². The highest BCUT2D eigenvalue weighted by atomic mass is 35.5. The van der Waals surface area contributed by atoms with Crippen LogP contribution >= 0.6 is 23.4 Å². The fourth-order valence-corrected chi connectivity index (χ4v) is 2.79. The molecule has 1 amide bonds. The van der Waals surface area contributed by atoms with Gasteiger partial charge in [-0.1, -0.05) is 11.6 Å². The van der Waals surface area contributed by atoms with Crippen LogP contribution in [0.5, 0.6) is 0 Å². The number of hydrogen-bond acceptors (Lipinski definition) is 4. The molecule has 0 saturated heterocycles. The van der Waals surface area contributed by atoms with Gasteiger partial charge < -0.3 is 9.64 Å². The first-order valence-corrected chi connectivity index (χ1v) is 8.02. The molecule has 0 spiro atoms. The molecule has 0 heterocycles. The number of nitrogens with zero attached hydrogens (tertiary/aromatic N) is 1. The van der Waals surface area contributed by atoms with Gasteiger partial charge in [0.15, 0.2) is 0 Å². The number of rotatable bonds is 7. The van der Waals surface area contributed by atoms with Crippen molar-refractivity contribution in [1.29, 1.82) is 0 Å². The molecule has 1 aromatic carbocycles. The second-order valence-electron chi connectivity index (χ2n) is 4.53. The van der Waals surface area contributed by atoms with Gasteiger partial charge in [0.1, 0.15) is 0 Å². The van der Waals surface area contributed by atoms with Gasteiger partial charge in [0, 0.05) is 23.5 Å². The van der Waals surface area contributed by atoms with Gasteiger partial charge in [-0.25, -0.2) is 0 Å². The average molecular weight is 330 g/mol. The Labute approximate surface area is 134 Å². The molecular weight excluding hydrogens is 310 g/mol. The quantitative estimate of drug-likeness (QED) is 0.569. The number of thioether (sulfide) groups is 1. The highest BCUT2D eigenvalue weighted by Gasteiger charge is 2.19. The van der Waals surface area contributed by atoms with E-state index in [1.54, 1.807) is 31.0 Å². The van der Waals surface area contributed by atoms with Crippen molar-refractivity contribution in [2.75, 3.05) is 20.2 Å². The summed E-state index contributed by atoms with van der Waals surface area (Å²) in [5.74, 6) is -0.297. The predicted molar refractivity (Wildman–Crippen MR) is 85.7 cm³/mol. The third-order valence-corrected chi connectivity index (χ3v) is 4.16. The maximum absolute atomic E-state index is 12.2. The van der Waals surface area contributed by atoms with Crippen molar-refractivity contribution in [3.05, 3.63) is 29.3 Å². The summed E-state index contributed by atoms with van der Waals surface area (Å²) in [6, 6.07) is 7.36. The third kappa shape index (κ3) is 6.40. The van der Waals surface area contributed by atoms with Crippen LogP contribution in [0.25, 0.3) is 0 Å². The van der Waals surface area contributed by atoms with E-state index in [4.69, 9.17) is 16.3 Å². The summed E-state index contributed by atoms with van der Waals surface area (Å²) in [6.45, 7) is 4.34. The molecular formula is C15H20ClNO3S. The normalized spacial score (nSPS) is 11.8. The van der Waals surface area contributed by atoms with Gasteiger partial charge in [0.05, 0.1) is 18.3 Å². The SMILES string of the molecule is CCOC(=O)CCN(C)C(=O)C(C)Sc1ccc(Cl)cc1. The number of esters is 1. The lowest BCUT2D eigenvalue weighted by Crippen LogP contribution is -2.35. The monoisotopic (exact) mass is 329 g/mol. The van der Waals surface area contributed by atoms with Crippen LogP contribution in [0, 0.1) is 0 Å². The van der Waals surface area contributed by atoms with Crippen LogP contribution in [-0.2, 0) is 14.3 Å². The van der Waals surface area contributed by atoms with Crippen LogP contribution in [0.15, 0.2) is 29.2 Å². The van der Waals surface area contributed by atoms with Gasteiger partial charge in [-0.05, 0) is 38.1 Å². The fourth-order valence-electron chi connectivity index (χ4n) is 1.68. The van der Waals surface area contributed by atoms with E-state index in [9.17, 15) is 9.59 Å². The minimum atomic E-state index is -0.282. The number of amides is 1. The molecule has 1 aromatic rings. The Hall–Kier alpha value is -1.20. The molecule has 0 radical (unpaired) electrons. The van der Waals surface area contributed by atoms with E-state index in [-0.39, 0.29) is 23.5 Å². The Kier molecular flexibility index (Phi) is 7.61. The summed E-state index contributed by atoms with van der Waals surface area (Å²) in [6.07, 6.45) is 0.217. The Bertz CT molecular complexity index is 478. The lowest BCUT2D eigenvalue weighted by Gasteiger charge is -2.20. The molecule has 0 aliphatic carbocycles. The summed E-state index contributed by atoms with van der Waals surface area (Å²) in [4.78, 5) is 26.0. The Morgan fingerprint density at radius 2 is 1.95 bits per heavy atom. The summed E-state index contributed by atoms with van der Waals surface area (Å²) in [7, 11) is 1.69. The van der Waals surface area contributed by atoms with Crippen molar-refractivity contribution in [2.45, 2.75) is 30.4 Å². The van der Waals surface area contributed by atoms with Crippen molar-refractivity contribution in [3.8, 4) is 0 Å². The molecule has 6 heteroatoms. The third-order valence-electron chi connectivity index (χ3n) is 2.81. The minimum absolute atomic E-state index is 0.0146. The zero-order valence-electron chi connectivity index (χ0n) is 12.5. The van der Waals surface area contributed by atoms with Crippen LogP contribution in [0.2, 0.25) is 5.02 Å². The van der Waals surface area contributed by atoms with E-state index in [0.29, 0.717) is 18.2 Å². The van der Waals surface area contributed by atoms with Crippen LogP contribution < -0.4 is 0 Å². The second kappa shape index (κ2) is 8.95. The van der Waals surface area contributed by atoms with Gasteiger partial charge in [-0.2, -0.15) is 0 Å². The minimum Gasteiger partial charge on any atom is -0.466 e. The summed E-state index contributed by atoms with van der Waals surface area (Å²) in [5.41, 5.74) is 0. The Balaban J connectivity index is 2.45. The molecule has 0 aromatic heterocycles. The van der Waals surface area contributed by atoms with Crippen molar-refractivity contribution in [3.63, 3.8) is 0 Å². The second-order valence-corrected chi connectivity index (χ2v) is 6.38. The lowest BCUT2D eigenvalue weighted by molar-refractivity contribution is -0.143. The van der Waals surface area contributed by atoms with Crippen molar-refractivity contribution in [2.24, 2.45) is 0 Å². The average Bonchev–Trinajstić information content (AvgIpc) is 2.46. The largest absolute Gasteiger partial charge is 0.466 e. The van der Waals surface area contributed by atoms with E-state index in [1.165, 1.54) is 11.8 Å².